The van der Waals surface area contributed by atoms with E-state index >= 15 is 0 Å². The van der Waals surface area contributed by atoms with Gasteiger partial charge in [0, 0.05) is 6.08 Å². The monoisotopic (exact) mass is 312 g/mol. The first-order valence-electron chi connectivity index (χ1n) is 6.52. The Morgan fingerprint density at radius 3 is 2.91 bits per heavy atom. The minimum Gasteiger partial charge on any atom is -0.454 e. The van der Waals surface area contributed by atoms with Crippen LogP contribution in [0, 0.1) is 0 Å². The van der Waals surface area contributed by atoms with Crippen LogP contribution in [0.15, 0.2) is 53.2 Å². The van der Waals surface area contributed by atoms with Gasteiger partial charge in [0.2, 0.25) is 0 Å². The minimum atomic E-state index is -0.436. The van der Waals surface area contributed by atoms with E-state index in [1.54, 1.807) is 17.4 Å². The van der Waals surface area contributed by atoms with Gasteiger partial charge < -0.3 is 4.74 Å². The van der Waals surface area contributed by atoms with Crippen LogP contribution in [0.3, 0.4) is 0 Å². The van der Waals surface area contributed by atoms with E-state index in [2.05, 4.69) is 15.5 Å². The molecule has 0 fully saturated rings. The van der Waals surface area contributed by atoms with Crippen molar-refractivity contribution in [2.75, 3.05) is 0 Å². The maximum Gasteiger partial charge on any atom is 0.331 e. The SMILES string of the molecule is O=C(C=Cc1ccsc1)OCc1nnnn1-c1ccccc1. The van der Waals surface area contributed by atoms with E-state index in [1.807, 2.05) is 47.2 Å². The number of esters is 1. The van der Waals surface area contributed by atoms with Crippen molar-refractivity contribution in [3.05, 3.63) is 64.6 Å². The van der Waals surface area contributed by atoms with Crippen LogP contribution in [-0.4, -0.2) is 26.2 Å². The van der Waals surface area contributed by atoms with E-state index in [1.165, 1.54) is 10.8 Å². The third kappa shape index (κ3) is 3.44. The molecule has 0 unspecified atom stereocenters. The van der Waals surface area contributed by atoms with E-state index in [0.29, 0.717) is 5.82 Å². The van der Waals surface area contributed by atoms with Crippen molar-refractivity contribution >= 4 is 23.4 Å². The Morgan fingerprint density at radius 1 is 1.27 bits per heavy atom. The highest BCUT2D eigenvalue weighted by molar-refractivity contribution is 7.08. The number of tetrazole rings is 1. The summed E-state index contributed by atoms with van der Waals surface area (Å²) < 4.78 is 6.70. The van der Waals surface area contributed by atoms with Crippen molar-refractivity contribution in [3.63, 3.8) is 0 Å². The molecule has 22 heavy (non-hydrogen) atoms. The summed E-state index contributed by atoms with van der Waals surface area (Å²) in [5.41, 5.74) is 1.78. The quantitative estimate of drug-likeness (QED) is 0.535. The standard InChI is InChI=1S/C15H12N4O2S/c20-15(7-6-12-8-9-22-11-12)21-10-14-16-17-18-19(14)13-4-2-1-3-5-13/h1-9,11H,10H2. The molecule has 0 aliphatic heterocycles. The summed E-state index contributed by atoms with van der Waals surface area (Å²) in [4.78, 5) is 11.7. The van der Waals surface area contributed by atoms with Gasteiger partial charge in [0.25, 0.3) is 0 Å². The zero-order valence-electron chi connectivity index (χ0n) is 11.5. The predicted molar refractivity (Wildman–Crippen MR) is 82.3 cm³/mol. The zero-order chi connectivity index (χ0) is 15.2. The lowest BCUT2D eigenvalue weighted by molar-refractivity contribution is -0.139. The van der Waals surface area contributed by atoms with Crippen molar-refractivity contribution in [1.82, 2.24) is 20.2 Å². The fourth-order valence-electron chi connectivity index (χ4n) is 1.78. The second kappa shape index (κ2) is 6.77. The molecule has 0 saturated heterocycles. The summed E-state index contributed by atoms with van der Waals surface area (Å²) in [6, 6.07) is 11.3. The van der Waals surface area contributed by atoms with Crippen LogP contribution < -0.4 is 0 Å². The molecule has 0 bridgehead atoms. The van der Waals surface area contributed by atoms with Gasteiger partial charge in [-0.1, -0.05) is 18.2 Å². The first-order chi connectivity index (χ1) is 10.8. The number of hydrogen-bond acceptors (Lipinski definition) is 6. The van der Waals surface area contributed by atoms with Crippen LogP contribution in [0.2, 0.25) is 0 Å². The molecule has 3 rings (SSSR count). The number of carbonyl (C=O) groups excluding carboxylic acids is 1. The molecule has 0 radical (unpaired) electrons. The number of hydrogen-bond donors (Lipinski definition) is 0. The maximum atomic E-state index is 11.7. The molecule has 0 aliphatic carbocycles. The smallest absolute Gasteiger partial charge is 0.331 e. The summed E-state index contributed by atoms with van der Waals surface area (Å²) in [5, 5.41) is 15.3. The number of rotatable bonds is 5. The van der Waals surface area contributed by atoms with Crippen LogP contribution in [0.4, 0.5) is 0 Å². The average Bonchev–Trinajstić information content (AvgIpc) is 3.23. The second-order valence-corrected chi connectivity index (χ2v) is 5.12. The van der Waals surface area contributed by atoms with Crippen LogP contribution in [-0.2, 0) is 16.1 Å². The topological polar surface area (TPSA) is 69.9 Å². The van der Waals surface area contributed by atoms with E-state index in [9.17, 15) is 4.79 Å². The predicted octanol–water partition coefficient (Wildman–Crippen LogP) is 2.48. The number of para-hydroxylation sites is 1. The molecule has 7 heteroatoms. The summed E-state index contributed by atoms with van der Waals surface area (Å²) >= 11 is 1.57. The molecule has 2 aromatic heterocycles. The fraction of sp³-hybridized carbons (Fsp3) is 0.0667. The van der Waals surface area contributed by atoms with Crippen LogP contribution in [0.25, 0.3) is 11.8 Å². The van der Waals surface area contributed by atoms with Gasteiger partial charge in [0.15, 0.2) is 12.4 Å². The highest BCUT2D eigenvalue weighted by Crippen LogP contribution is 2.09. The summed E-state index contributed by atoms with van der Waals surface area (Å²) in [6.07, 6.45) is 3.09. The first-order valence-corrected chi connectivity index (χ1v) is 7.47. The van der Waals surface area contributed by atoms with Crippen LogP contribution in [0.5, 0.6) is 0 Å². The lowest BCUT2D eigenvalue weighted by Crippen LogP contribution is -2.08. The van der Waals surface area contributed by atoms with Gasteiger partial charge >= 0.3 is 5.97 Å². The largest absolute Gasteiger partial charge is 0.454 e. The number of benzene rings is 1. The molecule has 0 amide bonds. The summed E-state index contributed by atoms with van der Waals surface area (Å²) in [6.45, 7) is 0.00864. The van der Waals surface area contributed by atoms with E-state index in [0.717, 1.165) is 11.3 Å². The molecule has 0 spiro atoms. The van der Waals surface area contributed by atoms with Gasteiger partial charge in [-0.3, -0.25) is 0 Å². The minimum absolute atomic E-state index is 0.00864. The van der Waals surface area contributed by atoms with Gasteiger partial charge in [-0.2, -0.15) is 16.0 Å². The molecular formula is C15H12N4O2S. The molecule has 0 saturated carbocycles. The molecule has 2 heterocycles. The van der Waals surface area contributed by atoms with Crippen LogP contribution >= 0.6 is 11.3 Å². The molecule has 1 aromatic carbocycles. The first kappa shape index (κ1) is 14.2. The van der Waals surface area contributed by atoms with Gasteiger partial charge in [-0.25, -0.2) is 4.79 Å². The van der Waals surface area contributed by atoms with Gasteiger partial charge in [-0.15, -0.1) is 5.10 Å². The lowest BCUT2D eigenvalue weighted by atomic mass is 10.3. The van der Waals surface area contributed by atoms with Crippen molar-refractivity contribution in [3.8, 4) is 5.69 Å². The normalized spacial score (nSPS) is 10.9. The molecule has 0 N–H and O–H groups in total. The van der Waals surface area contributed by atoms with Crippen molar-refractivity contribution in [2.24, 2.45) is 0 Å². The van der Waals surface area contributed by atoms with Gasteiger partial charge in [0.1, 0.15) is 0 Å². The Bertz CT molecular complexity index is 766. The summed E-state index contributed by atoms with van der Waals surface area (Å²) in [5.74, 6) is 0.0253. The molecule has 3 aromatic rings. The lowest BCUT2D eigenvalue weighted by Gasteiger charge is -2.04. The second-order valence-electron chi connectivity index (χ2n) is 4.34. The van der Waals surface area contributed by atoms with E-state index in [4.69, 9.17) is 4.74 Å². The molecule has 0 aliphatic rings. The Hall–Kier alpha value is -2.80. The Morgan fingerprint density at radius 2 is 2.14 bits per heavy atom. The van der Waals surface area contributed by atoms with Crippen LogP contribution in [0.1, 0.15) is 11.4 Å². The maximum absolute atomic E-state index is 11.7. The van der Waals surface area contributed by atoms with Gasteiger partial charge in [0.05, 0.1) is 5.69 Å². The Balaban J connectivity index is 1.63. The zero-order valence-corrected chi connectivity index (χ0v) is 12.3. The average molecular weight is 312 g/mol. The third-order valence-corrected chi connectivity index (χ3v) is 3.53. The fourth-order valence-corrected chi connectivity index (χ4v) is 2.41. The van der Waals surface area contributed by atoms with E-state index < -0.39 is 5.97 Å². The summed E-state index contributed by atoms with van der Waals surface area (Å²) in [7, 11) is 0. The Kier molecular flexibility index (Phi) is 4.35. The number of nitrogens with zero attached hydrogens (tertiary/aromatic N) is 4. The highest BCUT2D eigenvalue weighted by atomic mass is 32.1. The van der Waals surface area contributed by atoms with Crippen molar-refractivity contribution in [1.29, 1.82) is 0 Å². The molecule has 110 valence electrons. The molecule has 0 atom stereocenters. The highest BCUT2D eigenvalue weighted by Gasteiger charge is 2.09. The van der Waals surface area contributed by atoms with Crippen molar-refractivity contribution < 1.29 is 9.53 Å². The number of aromatic nitrogens is 4. The number of ether oxygens (including phenoxy) is 1. The van der Waals surface area contributed by atoms with Gasteiger partial charge in [-0.05, 0) is 51.0 Å². The third-order valence-electron chi connectivity index (χ3n) is 2.83. The molecule has 6 nitrogen and oxygen atoms in total. The van der Waals surface area contributed by atoms with E-state index in [-0.39, 0.29) is 6.61 Å². The van der Waals surface area contributed by atoms with Crippen molar-refractivity contribution in [2.45, 2.75) is 6.61 Å². The Labute approximate surface area is 130 Å². The number of thiophene rings is 1. The molecular weight excluding hydrogens is 300 g/mol. The number of carbonyl (C=O) groups is 1.